The summed E-state index contributed by atoms with van der Waals surface area (Å²) in [6.07, 6.45) is 7.35. The van der Waals surface area contributed by atoms with Crippen molar-refractivity contribution in [3.8, 4) is 11.5 Å². The van der Waals surface area contributed by atoms with Crippen molar-refractivity contribution in [1.29, 1.82) is 0 Å². The molecule has 0 radical (unpaired) electrons. The molecule has 8 rings (SSSR count). The van der Waals surface area contributed by atoms with E-state index in [4.69, 9.17) is 33.9 Å². The molecule has 2 aromatic rings. The first-order chi connectivity index (χ1) is 44.9. The highest BCUT2D eigenvalue weighted by atomic mass is 32.1. The maximum absolute atomic E-state index is 13.9. The van der Waals surface area contributed by atoms with Crippen LogP contribution in [0.2, 0.25) is 0 Å². The van der Waals surface area contributed by atoms with Crippen LogP contribution in [0.25, 0.3) is 0 Å². The Labute approximate surface area is 551 Å². The quantitative estimate of drug-likeness (QED) is 0.0394. The molecule has 8 bridgehead atoms. The minimum absolute atomic E-state index is 0.0198. The molecule has 7 amide bonds. The van der Waals surface area contributed by atoms with Crippen molar-refractivity contribution < 1.29 is 68.6 Å². The first-order valence-corrected chi connectivity index (χ1v) is 32.4. The van der Waals surface area contributed by atoms with Gasteiger partial charge in [0.2, 0.25) is 17.7 Å². The number of benzene rings is 2. The number of thiocarbonyl (C=S) groups is 2. The van der Waals surface area contributed by atoms with Crippen LogP contribution in [0.4, 0.5) is 0 Å². The second-order valence-corrected chi connectivity index (χ2v) is 23.6. The number of carbonyl (C=O) groups excluding carboxylic acids is 7. The van der Waals surface area contributed by atoms with E-state index < -0.39 is 77.0 Å². The van der Waals surface area contributed by atoms with E-state index in [1.165, 1.54) is 42.5 Å². The normalized spacial score (nSPS) is 24.0. The van der Waals surface area contributed by atoms with Gasteiger partial charge < -0.3 is 82.9 Å². The number of nitrogens with zero attached hydrogens (tertiary/aromatic N) is 4. The van der Waals surface area contributed by atoms with Gasteiger partial charge in [0.05, 0.1) is 77.8 Å². The van der Waals surface area contributed by atoms with Gasteiger partial charge in [0.15, 0.2) is 5.11 Å². The number of para-hydroxylation sites is 2. The molecule has 15 N–H and O–H groups in total. The zero-order chi connectivity index (χ0) is 66.7. The second kappa shape index (κ2) is 37.8. The molecular formula is C63H88N14O14S2. The third-order valence-corrected chi connectivity index (χ3v) is 16.9. The van der Waals surface area contributed by atoms with Crippen LogP contribution in [0.3, 0.4) is 0 Å². The molecule has 3 aliphatic carbocycles. The number of aliphatic hydroxyl groups excluding tert-OH is 3. The Morgan fingerprint density at radius 3 is 1.72 bits per heavy atom. The Bertz CT molecular complexity index is 3040. The van der Waals surface area contributed by atoms with Gasteiger partial charge in [-0.25, -0.2) is 4.99 Å². The van der Waals surface area contributed by atoms with Crippen LogP contribution in [-0.2, 0) is 23.9 Å². The first kappa shape index (κ1) is 72.7. The summed E-state index contributed by atoms with van der Waals surface area (Å²) < 4.78 is 11.3. The number of ether oxygens (including phenoxy) is 2. The molecule has 30 heteroatoms. The van der Waals surface area contributed by atoms with E-state index in [1.807, 2.05) is 14.7 Å². The Kier molecular flexibility index (Phi) is 29.6. The van der Waals surface area contributed by atoms with E-state index in [0.29, 0.717) is 30.4 Å². The Morgan fingerprint density at radius 1 is 0.677 bits per heavy atom. The van der Waals surface area contributed by atoms with Gasteiger partial charge in [0.1, 0.15) is 23.5 Å². The van der Waals surface area contributed by atoms with Crippen LogP contribution in [0.15, 0.2) is 88.2 Å². The largest absolute Gasteiger partial charge is 0.511 e. The Balaban J connectivity index is 0.995. The molecular weight excluding hydrogens is 1240 g/mol. The topological polar surface area (TPSA) is 381 Å². The van der Waals surface area contributed by atoms with Crippen LogP contribution in [-0.4, -0.2) is 261 Å². The van der Waals surface area contributed by atoms with Gasteiger partial charge >= 0.3 is 0 Å². The third kappa shape index (κ3) is 22.5. The monoisotopic (exact) mass is 1330 g/mol. The van der Waals surface area contributed by atoms with Gasteiger partial charge in [-0.2, -0.15) is 0 Å². The lowest BCUT2D eigenvalue weighted by molar-refractivity contribution is -0.127. The maximum Gasteiger partial charge on any atom is 0.255 e. The van der Waals surface area contributed by atoms with Crippen LogP contribution < -0.4 is 53.2 Å². The van der Waals surface area contributed by atoms with Crippen LogP contribution >= 0.6 is 24.4 Å². The number of aliphatic hydroxyl groups is 3. The number of nitrogens with one attached hydrogen (secondary N) is 10. The standard InChI is InChI=1S/C63H88N14O14S2/c1-40-37-49-54(81)50(38-40)62(89)70-21-30-77(29-20-68-59(86)47-9-4-10-48(53(47)80)60(87)71-22-33-90-35-36-91-34-23-72-63(93)74-42-13-11-41(12-14-42)73-39-92)32-31-76-27-18-66-57(84)45-7-2-5-43(51(45)78)55(82)64-15-24-75(26-17-69-61(49)88)25-16-65-56(83)44-6-3-8-46(52(44)79)58(85)67-19-28-76/h2-9,37-38,41-42,48,50,54,59,68,78-81,86H,10-36H2,1H3,(H,64,82)(H,65,83)(H,66,84)(H,67,85)(H,69,88)(H,70,89)(H,71,87)(H2,72,74,93). The van der Waals surface area contributed by atoms with Gasteiger partial charge in [0.25, 0.3) is 23.6 Å². The van der Waals surface area contributed by atoms with Gasteiger partial charge in [-0.15, -0.1) is 0 Å². The highest BCUT2D eigenvalue weighted by molar-refractivity contribution is 7.80. The van der Waals surface area contributed by atoms with Gasteiger partial charge in [-0.1, -0.05) is 35.9 Å². The van der Waals surface area contributed by atoms with Gasteiger partial charge in [-0.05, 0) is 93.8 Å². The average molecular weight is 1330 g/mol. The summed E-state index contributed by atoms with van der Waals surface area (Å²) >= 11 is 10.2. The molecule has 1 saturated carbocycles. The summed E-state index contributed by atoms with van der Waals surface area (Å²) in [5.74, 6) is -7.77. The van der Waals surface area contributed by atoms with E-state index in [1.54, 1.807) is 25.2 Å². The lowest BCUT2D eigenvalue weighted by atomic mass is 9.86. The van der Waals surface area contributed by atoms with Crippen molar-refractivity contribution in [2.45, 2.75) is 63.4 Å². The highest BCUT2D eigenvalue weighted by Gasteiger charge is 2.35. The van der Waals surface area contributed by atoms with E-state index in [0.717, 1.165) is 25.7 Å². The van der Waals surface area contributed by atoms with Gasteiger partial charge in [0, 0.05) is 135 Å². The van der Waals surface area contributed by atoms with Crippen molar-refractivity contribution in [2.75, 3.05) is 144 Å². The molecule has 2 aromatic carbocycles. The number of fused-ring (bicyclic) bond motifs is 21. The second-order valence-electron chi connectivity index (χ2n) is 23.0. The molecule has 506 valence electrons. The number of aromatic hydroxyl groups is 2. The molecule has 93 heavy (non-hydrogen) atoms. The summed E-state index contributed by atoms with van der Waals surface area (Å²) in [6, 6.07) is 8.98. The smallest absolute Gasteiger partial charge is 0.255 e. The minimum Gasteiger partial charge on any atom is -0.511 e. The molecule has 6 aliphatic rings. The van der Waals surface area contributed by atoms with Crippen molar-refractivity contribution in [2.24, 2.45) is 16.8 Å². The van der Waals surface area contributed by atoms with E-state index >= 15 is 0 Å². The number of hydrogen-bond acceptors (Lipinski definition) is 21. The molecule has 28 nitrogen and oxygen atoms in total. The number of phenols is 2. The van der Waals surface area contributed by atoms with Crippen LogP contribution in [0.5, 0.6) is 11.5 Å². The summed E-state index contributed by atoms with van der Waals surface area (Å²) in [7, 11) is 0. The molecule has 3 aliphatic heterocycles. The number of hydrogen-bond donors (Lipinski definition) is 15. The number of rotatable bonds is 17. The Hall–Kier alpha value is -7.74. The molecule has 1 fully saturated rings. The first-order valence-electron chi connectivity index (χ1n) is 31.6. The predicted octanol–water partition coefficient (Wildman–Crippen LogP) is -0.930. The SMILES string of the molecule is CC1=CC2C(=O)NCCN(CCNC(O)C3=C(O)C(C(=O)NCCOCCOCCNC(=S)NC4CCC(N=C=S)CC4)CC=C3)CCN3CCNC(=O)c4cccc(c4O)C(=O)NCCN(CCNC(=O)C(=C1)C2O)CCNC(=O)c1cccc(c1O)C(=O)NCC3. The number of amides is 7. The lowest BCUT2D eigenvalue weighted by Gasteiger charge is -2.29. The number of isothiocyanates is 1. The summed E-state index contributed by atoms with van der Waals surface area (Å²) in [5, 5.41) is 89.1. The fourth-order valence-corrected chi connectivity index (χ4v) is 11.7. The number of allylic oxidation sites excluding steroid dienone is 3. The molecule has 0 saturated heterocycles. The van der Waals surface area contributed by atoms with Crippen LogP contribution in [0.1, 0.15) is 80.5 Å². The average Bonchev–Trinajstić information content (AvgIpc) is 0.948. The Morgan fingerprint density at radius 2 is 1.18 bits per heavy atom. The summed E-state index contributed by atoms with van der Waals surface area (Å²) in [6.45, 7) is 5.80. The fraction of sp³-hybridized carbons (Fsp3) is 0.540. The van der Waals surface area contributed by atoms with E-state index in [2.05, 4.69) is 63.3 Å². The predicted molar refractivity (Wildman–Crippen MR) is 353 cm³/mol. The van der Waals surface area contributed by atoms with E-state index in [9.17, 15) is 59.1 Å². The summed E-state index contributed by atoms with van der Waals surface area (Å²) in [4.78, 5) is 105. The minimum atomic E-state index is -1.51. The van der Waals surface area contributed by atoms with Gasteiger partial charge in [-0.3, -0.25) is 53.6 Å². The molecule has 3 heterocycles. The highest BCUT2D eigenvalue weighted by Crippen LogP contribution is 2.28. The van der Waals surface area contributed by atoms with Crippen molar-refractivity contribution >= 4 is 76.1 Å². The molecule has 4 unspecified atom stereocenters. The summed E-state index contributed by atoms with van der Waals surface area (Å²) in [5.41, 5.74) is 0.0414. The molecule has 0 spiro atoms. The maximum atomic E-state index is 13.9. The number of phenolic OH excluding ortho intramolecular Hbond substituents is 2. The van der Waals surface area contributed by atoms with Crippen molar-refractivity contribution in [1.82, 2.24) is 67.9 Å². The molecule has 0 aromatic heterocycles. The third-order valence-electron chi connectivity index (χ3n) is 16.5. The lowest BCUT2D eigenvalue weighted by Crippen LogP contribution is -2.47. The number of aliphatic imine (C=N–C) groups is 1. The fourth-order valence-electron chi connectivity index (χ4n) is 11.3. The van der Waals surface area contributed by atoms with Crippen molar-refractivity contribution in [3.05, 3.63) is 105 Å². The van der Waals surface area contributed by atoms with Crippen molar-refractivity contribution in [3.63, 3.8) is 0 Å². The molecule has 4 atom stereocenters. The number of carbonyl (C=O) groups is 7. The van der Waals surface area contributed by atoms with E-state index in [-0.39, 0.29) is 182 Å². The zero-order valence-electron chi connectivity index (χ0n) is 52.3. The zero-order valence-corrected chi connectivity index (χ0v) is 54.0. The van der Waals surface area contributed by atoms with Crippen LogP contribution in [0, 0.1) is 11.8 Å².